The zero-order valence-electron chi connectivity index (χ0n) is 5.08. The van der Waals surface area contributed by atoms with Crippen molar-refractivity contribution >= 4 is 0 Å². The zero-order valence-corrected chi connectivity index (χ0v) is 5.08. The standard InChI is InChI=1S/C6H9F2N/c1-5-4-9-3-2-6(5,7)8/h9H,1-4H2. The highest BCUT2D eigenvalue weighted by atomic mass is 19.3. The van der Waals surface area contributed by atoms with Gasteiger partial charge in [-0.05, 0) is 0 Å². The molecule has 0 bridgehead atoms. The predicted octanol–water partition coefficient (Wildman–Crippen LogP) is 1.17. The molecule has 9 heavy (non-hydrogen) atoms. The third-order valence-electron chi connectivity index (χ3n) is 1.47. The van der Waals surface area contributed by atoms with E-state index in [4.69, 9.17) is 0 Å². The van der Waals surface area contributed by atoms with Crippen LogP contribution in [-0.4, -0.2) is 19.0 Å². The molecule has 1 heterocycles. The fourth-order valence-electron chi connectivity index (χ4n) is 0.791. The van der Waals surface area contributed by atoms with Gasteiger partial charge in [-0.1, -0.05) is 6.58 Å². The van der Waals surface area contributed by atoms with Gasteiger partial charge < -0.3 is 5.32 Å². The maximum atomic E-state index is 12.5. The van der Waals surface area contributed by atoms with Gasteiger partial charge in [-0.3, -0.25) is 0 Å². The van der Waals surface area contributed by atoms with Crippen molar-refractivity contribution in [3.05, 3.63) is 12.2 Å². The number of nitrogens with one attached hydrogen (secondary N) is 1. The molecule has 1 N–H and O–H groups in total. The zero-order chi connectivity index (χ0) is 6.91. The number of piperidine rings is 1. The first-order valence-corrected chi connectivity index (χ1v) is 2.90. The Kier molecular flexibility index (Phi) is 1.53. The van der Waals surface area contributed by atoms with Gasteiger partial charge in [0.2, 0.25) is 0 Å². The second-order valence-electron chi connectivity index (χ2n) is 2.23. The van der Waals surface area contributed by atoms with Crippen LogP contribution in [0.1, 0.15) is 6.42 Å². The maximum Gasteiger partial charge on any atom is 0.271 e. The van der Waals surface area contributed by atoms with E-state index in [2.05, 4.69) is 11.9 Å². The van der Waals surface area contributed by atoms with E-state index >= 15 is 0 Å². The number of hydrogen-bond donors (Lipinski definition) is 1. The number of hydrogen-bond acceptors (Lipinski definition) is 1. The topological polar surface area (TPSA) is 12.0 Å². The molecule has 52 valence electrons. The molecule has 1 rings (SSSR count). The molecule has 0 aromatic rings. The molecule has 1 saturated heterocycles. The van der Waals surface area contributed by atoms with Gasteiger partial charge in [-0.2, -0.15) is 0 Å². The van der Waals surface area contributed by atoms with Crippen molar-refractivity contribution in [2.24, 2.45) is 0 Å². The van der Waals surface area contributed by atoms with Gasteiger partial charge in [0.15, 0.2) is 0 Å². The smallest absolute Gasteiger partial charge is 0.271 e. The van der Waals surface area contributed by atoms with Crippen LogP contribution in [0.25, 0.3) is 0 Å². The lowest BCUT2D eigenvalue weighted by Gasteiger charge is -2.24. The largest absolute Gasteiger partial charge is 0.313 e. The lowest BCUT2D eigenvalue weighted by Crippen LogP contribution is -2.37. The second-order valence-corrected chi connectivity index (χ2v) is 2.23. The van der Waals surface area contributed by atoms with Crippen LogP contribution < -0.4 is 5.32 Å². The molecule has 0 unspecified atom stereocenters. The summed E-state index contributed by atoms with van der Waals surface area (Å²) in [5.41, 5.74) is 0.00810. The maximum absolute atomic E-state index is 12.5. The van der Waals surface area contributed by atoms with Crippen molar-refractivity contribution in [2.45, 2.75) is 12.3 Å². The Morgan fingerprint density at radius 3 is 2.56 bits per heavy atom. The summed E-state index contributed by atoms with van der Waals surface area (Å²) in [4.78, 5) is 0. The lowest BCUT2D eigenvalue weighted by molar-refractivity contribution is 0.0211. The minimum absolute atomic E-state index is 0.00810. The van der Waals surface area contributed by atoms with Crippen molar-refractivity contribution in [1.82, 2.24) is 5.32 Å². The van der Waals surface area contributed by atoms with Gasteiger partial charge in [-0.25, -0.2) is 8.78 Å². The summed E-state index contributed by atoms with van der Waals surface area (Å²) in [7, 11) is 0. The Bertz CT molecular complexity index is 131. The van der Waals surface area contributed by atoms with E-state index in [1.165, 1.54) is 0 Å². The van der Waals surface area contributed by atoms with Crippen molar-refractivity contribution < 1.29 is 8.78 Å². The summed E-state index contributed by atoms with van der Waals surface area (Å²) in [6.07, 6.45) is -0.105. The molecule has 0 saturated carbocycles. The molecular weight excluding hydrogens is 124 g/mol. The molecule has 0 aromatic carbocycles. The van der Waals surface area contributed by atoms with Crippen molar-refractivity contribution in [1.29, 1.82) is 0 Å². The van der Waals surface area contributed by atoms with Crippen molar-refractivity contribution in [3.8, 4) is 0 Å². The van der Waals surface area contributed by atoms with Crippen molar-refractivity contribution in [2.75, 3.05) is 13.1 Å². The molecule has 0 atom stereocenters. The van der Waals surface area contributed by atoms with Crippen LogP contribution in [0.4, 0.5) is 8.78 Å². The lowest BCUT2D eigenvalue weighted by atomic mass is 10.0. The molecule has 0 aromatic heterocycles. The Morgan fingerprint density at radius 2 is 2.22 bits per heavy atom. The average Bonchev–Trinajstić information content (AvgIpc) is 1.77. The number of halogens is 2. The van der Waals surface area contributed by atoms with Crippen LogP contribution in [0.15, 0.2) is 12.2 Å². The highest BCUT2D eigenvalue weighted by Gasteiger charge is 2.34. The molecule has 1 fully saturated rings. The van der Waals surface area contributed by atoms with Gasteiger partial charge >= 0.3 is 0 Å². The third kappa shape index (κ3) is 1.27. The molecule has 3 heteroatoms. The van der Waals surface area contributed by atoms with E-state index in [1.54, 1.807) is 0 Å². The Hall–Kier alpha value is -0.440. The Balaban J connectivity index is 2.60. The summed E-state index contributed by atoms with van der Waals surface area (Å²) in [6.45, 7) is 3.91. The third-order valence-corrected chi connectivity index (χ3v) is 1.47. The van der Waals surface area contributed by atoms with E-state index in [0.29, 0.717) is 6.54 Å². The van der Waals surface area contributed by atoms with Gasteiger partial charge in [0.25, 0.3) is 5.92 Å². The summed E-state index contributed by atoms with van der Waals surface area (Å²) in [5, 5.41) is 2.81. The van der Waals surface area contributed by atoms with Gasteiger partial charge in [0.05, 0.1) is 0 Å². The van der Waals surface area contributed by atoms with E-state index in [9.17, 15) is 8.78 Å². The fraction of sp³-hybridized carbons (Fsp3) is 0.667. The summed E-state index contributed by atoms with van der Waals surface area (Å²) >= 11 is 0. The molecule has 0 aliphatic carbocycles. The molecule has 1 aliphatic heterocycles. The number of alkyl halides is 2. The molecule has 0 amide bonds. The molecular formula is C6H9F2N. The van der Waals surface area contributed by atoms with Crippen LogP contribution >= 0.6 is 0 Å². The quantitative estimate of drug-likeness (QED) is 0.489. The molecule has 1 nitrogen and oxygen atoms in total. The number of rotatable bonds is 0. The molecule has 1 aliphatic rings. The van der Waals surface area contributed by atoms with Crippen LogP contribution in [0, 0.1) is 0 Å². The normalized spacial score (nSPS) is 26.2. The van der Waals surface area contributed by atoms with E-state index < -0.39 is 5.92 Å². The molecule has 0 spiro atoms. The first-order valence-electron chi connectivity index (χ1n) is 2.90. The highest BCUT2D eigenvalue weighted by Crippen LogP contribution is 2.27. The Labute approximate surface area is 52.7 Å². The van der Waals surface area contributed by atoms with Crippen LogP contribution in [0.2, 0.25) is 0 Å². The van der Waals surface area contributed by atoms with Crippen LogP contribution in [-0.2, 0) is 0 Å². The van der Waals surface area contributed by atoms with Crippen molar-refractivity contribution in [3.63, 3.8) is 0 Å². The summed E-state index contributed by atoms with van der Waals surface area (Å²) in [6, 6.07) is 0. The summed E-state index contributed by atoms with van der Waals surface area (Å²) < 4.78 is 24.9. The minimum Gasteiger partial charge on any atom is -0.313 e. The molecule has 0 radical (unpaired) electrons. The van der Waals surface area contributed by atoms with Gasteiger partial charge in [0, 0.05) is 25.1 Å². The van der Waals surface area contributed by atoms with Gasteiger partial charge in [0.1, 0.15) is 0 Å². The van der Waals surface area contributed by atoms with Crippen LogP contribution in [0.5, 0.6) is 0 Å². The van der Waals surface area contributed by atoms with Crippen LogP contribution in [0.3, 0.4) is 0 Å². The van der Waals surface area contributed by atoms with E-state index in [0.717, 1.165) is 0 Å². The highest BCUT2D eigenvalue weighted by molar-refractivity contribution is 5.11. The average molecular weight is 133 g/mol. The van der Waals surface area contributed by atoms with E-state index in [-0.39, 0.29) is 18.5 Å². The second kappa shape index (κ2) is 2.06. The SMILES string of the molecule is C=C1CNCCC1(F)F. The first-order chi connectivity index (χ1) is 4.13. The first kappa shape index (κ1) is 6.68. The Morgan fingerprint density at radius 1 is 1.56 bits per heavy atom. The van der Waals surface area contributed by atoms with E-state index in [1.807, 2.05) is 0 Å². The predicted molar refractivity (Wildman–Crippen MR) is 31.6 cm³/mol. The minimum atomic E-state index is -2.62. The summed E-state index contributed by atoms with van der Waals surface area (Å²) in [5.74, 6) is -2.62. The van der Waals surface area contributed by atoms with Gasteiger partial charge in [-0.15, -0.1) is 0 Å². The fourth-order valence-corrected chi connectivity index (χ4v) is 0.791. The monoisotopic (exact) mass is 133 g/mol.